The Morgan fingerprint density at radius 2 is 2.07 bits per heavy atom. The van der Waals surface area contributed by atoms with Crippen molar-refractivity contribution in [3.8, 4) is 11.1 Å². The summed E-state index contributed by atoms with van der Waals surface area (Å²) in [4.78, 5) is 25.6. The number of hydrogen-bond acceptors (Lipinski definition) is 6. The van der Waals surface area contributed by atoms with Gasteiger partial charge in [0.1, 0.15) is 0 Å². The van der Waals surface area contributed by atoms with Gasteiger partial charge in [-0.25, -0.2) is 15.4 Å². The van der Waals surface area contributed by atoms with E-state index in [0.717, 1.165) is 29.6 Å². The van der Waals surface area contributed by atoms with Gasteiger partial charge >= 0.3 is 0 Å². The topological polar surface area (TPSA) is 107 Å². The lowest BCUT2D eigenvalue weighted by atomic mass is 10.0. The van der Waals surface area contributed by atoms with Crippen LogP contribution in [0.2, 0.25) is 0 Å². The second-order valence-electron chi connectivity index (χ2n) is 6.74. The van der Waals surface area contributed by atoms with Crippen molar-refractivity contribution in [2.45, 2.75) is 13.0 Å². The second-order valence-corrected chi connectivity index (χ2v) is 6.74. The fourth-order valence-electron chi connectivity index (χ4n) is 3.66. The Hall–Kier alpha value is -3.65. The molecule has 4 aromatic rings. The van der Waals surface area contributed by atoms with E-state index in [1.165, 1.54) is 29.0 Å². The maximum Gasteiger partial charge on any atom is 0.277 e. The van der Waals surface area contributed by atoms with Gasteiger partial charge in [-0.1, -0.05) is 6.07 Å². The summed E-state index contributed by atoms with van der Waals surface area (Å²) >= 11 is 0. The number of rotatable bonds is 3. The Morgan fingerprint density at radius 3 is 2.82 bits per heavy atom. The van der Waals surface area contributed by atoms with Crippen LogP contribution in [-0.2, 0) is 13.0 Å². The van der Waals surface area contributed by atoms with Gasteiger partial charge in [-0.05, 0) is 23.8 Å². The van der Waals surface area contributed by atoms with E-state index in [2.05, 4.69) is 38.1 Å². The van der Waals surface area contributed by atoms with Crippen LogP contribution in [0.15, 0.2) is 53.6 Å². The Morgan fingerprint density at radius 1 is 1.21 bits per heavy atom. The zero-order valence-corrected chi connectivity index (χ0v) is 14.8. The summed E-state index contributed by atoms with van der Waals surface area (Å²) in [6.45, 7) is 1.45. The van der Waals surface area contributed by atoms with Crippen molar-refractivity contribution in [1.82, 2.24) is 20.4 Å². The third-order valence-corrected chi connectivity index (χ3v) is 5.11. The molecule has 0 spiro atoms. The van der Waals surface area contributed by atoms with E-state index in [4.69, 9.17) is 9.62 Å². The first-order valence-corrected chi connectivity index (χ1v) is 8.90. The third kappa shape index (κ3) is 2.71. The zero-order chi connectivity index (χ0) is 19.1. The molecule has 28 heavy (non-hydrogen) atoms. The molecule has 0 atom stereocenters. The van der Waals surface area contributed by atoms with Gasteiger partial charge in [-0.15, -0.1) is 0 Å². The summed E-state index contributed by atoms with van der Waals surface area (Å²) in [6.07, 6.45) is 7.09. The zero-order valence-electron chi connectivity index (χ0n) is 14.8. The molecule has 0 unspecified atom stereocenters. The highest BCUT2D eigenvalue weighted by Crippen LogP contribution is 2.32. The van der Waals surface area contributed by atoms with Crippen LogP contribution in [0.3, 0.4) is 0 Å². The third-order valence-electron chi connectivity index (χ3n) is 5.11. The number of benzene rings is 1. The van der Waals surface area contributed by atoms with Gasteiger partial charge in [0.25, 0.3) is 5.91 Å². The van der Waals surface area contributed by atoms with E-state index < -0.39 is 5.91 Å². The summed E-state index contributed by atoms with van der Waals surface area (Å²) in [5.41, 5.74) is 7.51. The maximum atomic E-state index is 11.4. The van der Waals surface area contributed by atoms with Gasteiger partial charge in [-0.3, -0.25) is 10.0 Å². The molecule has 0 saturated heterocycles. The van der Waals surface area contributed by atoms with Crippen molar-refractivity contribution in [2.24, 2.45) is 0 Å². The number of carbonyl (C=O) groups is 1. The number of hydroxylamine groups is 1. The Balaban J connectivity index is 1.48. The number of fused-ring (bicyclic) bond motifs is 3. The molecule has 5 rings (SSSR count). The van der Waals surface area contributed by atoms with E-state index in [0.29, 0.717) is 12.5 Å². The number of anilines is 1. The molecular formula is C20H17N5O3. The summed E-state index contributed by atoms with van der Waals surface area (Å²) in [6, 6.07) is 8.30. The van der Waals surface area contributed by atoms with Crippen molar-refractivity contribution in [1.29, 1.82) is 0 Å². The minimum absolute atomic E-state index is 0.209. The number of H-pyrrole nitrogens is 1. The van der Waals surface area contributed by atoms with Gasteiger partial charge in [0.2, 0.25) is 5.95 Å². The lowest BCUT2D eigenvalue weighted by Crippen LogP contribution is -2.31. The first-order chi connectivity index (χ1) is 13.7. The van der Waals surface area contributed by atoms with E-state index in [1.807, 2.05) is 6.07 Å². The molecule has 0 bridgehead atoms. The van der Waals surface area contributed by atoms with Gasteiger partial charge in [0, 0.05) is 59.6 Å². The Bertz CT molecular complexity index is 1150. The molecule has 0 saturated carbocycles. The maximum absolute atomic E-state index is 11.4. The van der Waals surface area contributed by atoms with Crippen molar-refractivity contribution >= 4 is 22.8 Å². The largest absolute Gasteiger partial charge is 0.472 e. The molecular weight excluding hydrogens is 358 g/mol. The number of aromatic amines is 1. The van der Waals surface area contributed by atoms with Crippen LogP contribution in [-0.4, -0.2) is 32.6 Å². The normalized spacial score (nSPS) is 13.5. The first-order valence-electron chi connectivity index (χ1n) is 8.90. The monoisotopic (exact) mass is 375 g/mol. The number of carbonyl (C=O) groups excluding carboxylic acids is 1. The highest BCUT2D eigenvalue weighted by atomic mass is 16.5. The molecule has 8 nitrogen and oxygen atoms in total. The van der Waals surface area contributed by atoms with Crippen molar-refractivity contribution < 1.29 is 14.4 Å². The predicted molar refractivity (Wildman–Crippen MR) is 102 cm³/mol. The predicted octanol–water partition coefficient (Wildman–Crippen LogP) is 2.90. The molecule has 1 aliphatic heterocycles. The fraction of sp³-hybridized carbons (Fsp3) is 0.150. The van der Waals surface area contributed by atoms with Crippen molar-refractivity contribution in [2.75, 3.05) is 11.4 Å². The Labute approximate surface area is 159 Å². The molecule has 1 aliphatic rings. The molecule has 4 heterocycles. The highest BCUT2D eigenvalue weighted by molar-refractivity contribution is 5.92. The smallest absolute Gasteiger partial charge is 0.277 e. The Kier molecular flexibility index (Phi) is 3.84. The lowest BCUT2D eigenvalue weighted by molar-refractivity contribution is 0.0705. The molecule has 140 valence electrons. The SMILES string of the molecule is O=C(NO)c1cnc(N2CCc3[nH]c4ccc(-c5ccoc5)cc4c3C2)nc1. The van der Waals surface area contributed by atoms with Crippen LogP contribution in [0, 0.1) is 0 Å². The van der Waals surface area contributed by atoms with Crippen LogP contribution >= 0.6 is 0 Å². The molecule has 0 aliphatic carbocycles. The van der Waals surface area contributed by atoms with Crippen LogP contribution in [0.25, 0.3) is 22.0 Å². The van der Waals surface area contributed by atoms with Gasteiger partial charge in [0.05, 0.1) is 18.1 Å². The number of furan rings is 1. The number of hydrogen-bond donors (Lipinski definition) is 3. The summed E-state index contributed by atoms with van der Waals surface area (Å²) in [5, 5.41) is 9.88. The van der Waals surface area contributed by atoms with Crippen LogP contribution in [0.4, 0.5) is 5.95 Å². The molecule has 1 aromatic carbocycles. The molecule has 1 amide bonds. The number of amides is 1. The van der Waals surface area contributed by atoms with Crippen LogP contribution in [0.5, 0.6) is 0 Å². The molecule has 3 N–H and O–H groups in total. The fourth-order valence-corrected chi connectivity index (χ4v) is 3.66. The summed E-state index contributed by atoms with van der Waals surface area (Å²) < 4.78 is 5.21. The minimum atomic E-state index is -0.629. The molecule has 3 aromatic heterocycles. The quantitative estimate of drug-likeness (QED) is 0.375. The summed E-state index contributed by atoms with van der Waals surface area (Å²) in [5.74, 6) is -0.0728. The lowest BCUT2D eigenvalue weighted by Gasteiger charge is -2.27. The van der Waals surface area contributed by atoms with Gasteiger partial charge < -0.3 is 14.3 Å². The van der Waals surface area contributed by atoms with Crippen LogP contribution < -0.4 is 10.4 Å². The van der Waals surface area contributed by atoms with E-state index in [1.54, 1.807) is 18.0 Å². The highest BCUT2D eigenvalue weighted by Gasteiger charge is 2.23. The van der Waals surface area contributed by atoms with Gasteiger partial charge in [0.15, 0.2) is 0 Å². The van der Waals surface area contributed by atoms with Crippen molar-refractivity contribution in [3.05, 3.63) is 66.0 Å². The molecule has 0 fully saturated rings. The summed E-state index contributed by atoms with van der Waals surface area (Å²) in [7, 11) is 0. The van der Waals surface area contributed by atoms with E-state index >= 15 is 0 Å². The van der Waals surface area contributed by atoms with Crippen LogP contribution in [0.1, 0.15) is 21.6 Å². The van der Waals surface area contributed by atoms with E-state index in [9.17, 15) is 4.79 Å². The second kappa shape index (κ2) is 6.50. The number of nitrogens with one attached hydrogen (secondary N) is 2. The van der Waals surface area contributed by atoms with E-state index in [-0.39, 0.29) is 5.56 Å². The van der Waals surface area contributed by atoms with Gasteiger partial charge in [-0.2, -0.15) is 0 Å². The van der Waals surface area contributed by atoms with Crippen molar-refractivity contribution in [3.63, 3.8) is 0 Å². The number of nitrogens with zero attached hydrogens (tertiary/aromatic N) is 3. The standard InChI is InChI=1S/C20H17N5O3/c26-19(24-27)14-8-21-20(22-9-14)25-5-3-18-16(10-25)15-7-12(1-2-17(15)23-18)13-4-6-28-11-13/h1-2,4,6-9,11,23,27H,3,5,10H2,(H,24,26). The average molecular weight is 375 g/mol. The molecule has 8 heteroatoms. The molecule has 0 radical (unpaired) electrons. The first kappa shape index (κ1) is 16.5. The average Bonchev–Trinajstić information content (AvgIpc) is 3.40. The number of aromatic nitrogens is 3. The minimum Gasteiger partial charge on any atom is -0.472 e.